The minimum atomic E-state index is -1.41. The smallest absolute Gasteiger partial charge is 0.338 e. The van der Waals surface area contributed by atoms with Crippen molar-refractivity contribution in [3.05, 3.63) is 149 Å². The highest BCUT2D eigenvalue weighted by Gasteiger charge is 2.43. The second-order valence-corrected chi connectivity index (χ2v) is 12.2. The molecule has 2 atom stereocenters. The van der Waals surface area contributed by atoms with Gasteiger partial charge in [-0.2, -0.15) is 0 Å². The first kappa shape index (κ1) is 34.4. The normalized spacial score (nSPS) is 14.5. The molecule has 1 aliphatic rings. The van der Waals surface area contributed by atoms with Crippen LogP contribution in [0.15, 0.2) is 121 Å². The monoisotopic (exact) mass is 698 g/mol. The van der Waals surface area contributed by atoms with Crippen molar-refractivity contribution >= 4 is 16.7 Å². The molecular weight excluding hydrogens is 660 g/mol. The Labute approximate surface area is 301 Å². The molecule has 0 aromatic heterocycles. The first-order valence-corrected chi connectivity index (χ1v) is 16.8. The zero-order chi connectivity index (χ0) is 36.0. The van der Waals surface area contributed by atoms with Gasteiger partial charge < -0.3 is 38.3 Å². The van der Waals surface area contributed by atoms with Crippen LogP contribution in [0, 0.1) is 0 Å². The number of carbonyl (C=O) groups is 1. The second kappa shape index (κ2) is 15.5. The zero-order valence-corrected chi connectivity index (χ0v) is 29.0. The van der Waals surface area contributed by atoms with Crippen molar-refractivity contribution in [3.8, 4) is 39.9 Å². The van der Waals surface area contributed by atoms with E-state index in [1.54, 1.807) is 43.5 Å². The summed E-state index contributed by atoms with van der Waals surface area (Å²) >= 11 is 0. The molecule has 0 aliphatic heterocycles. The maximum absolute atomic E-state index is 13.7. The number of methoxy groups -OCH3 is 3. The van der Waals surface area contributed by atoms with E-state index < -0.39 is 18.2 Å². The number of carbonyl (C=O) groups excluding carboxylic acids is 1. The molecule has 0 spiro atoms. The molecule has 9 nitrogen and oxygen atoms in total. The number of aliphatic hydroxyl groups excluding tert-OH is 1. The van der Waals surface area contributed by atoms with Crippen molar-refractivity contribution in [3.63, 3.8) is 0 Å². The highest BCUT2D eigenvalue weighted by atomic mass is 16.7. The van der Waals surface area contributed by atoms with Gasteiger partial charge in [-0.15, -0.1) is 0 Å². The van der Waals surface area contributed by atoms with E-state index in [-0.39, 0.29) is 13.4 Å². The van der Waals surface area contributed by atoms with Crippen molar-refractivity contribution in [2.45, 2.75) is 25.4 Å². The van der Waals surface area contributed by atoms with Gasteiger partial charge in [0.2, 0.25) is 0 Å². The molecule has 9 heteroatoms. The predicted molar refractivity (Wildman–Crippen MR) is 196 cm³/mol. The summed E-state index contributed by atoms with van der Waals surface area (Å²) in [6.45, 7) is 0.475. The molecule has 0 saturated heterocycles. The minimum absolute atomic E-state index is 0.0436. The SMILES string of the molecule is COCOc1cc(OCc2ccccc2)c2c(c1)[C@@H](OC(=O)c1ccccc1)[C@H](O)c1c-2c(OC)c2cccc(OCc3ccccc3)c2c1OC. The van der Waals surface area contributed by atoms with Crippen LogP contribution in [0.5, 0.6) is 28.7 Å². The lowest BCUT2D eigenvalue weighted by atomic mass is 9.78. The number of ether oxygens (including phenoxy) is 7. The van der Waals surface area contributed by atoms with Gasteiger partial charge in [-0.05, 0) is 35.4 Å². The Kier molecular flexibility index (Phi) is 10.2. The van der Waals surface area contributed by atoms with Crippen LogP contribution >= 0.6 is 0 Å². The van der Waals surface area contributed by atoms with E-state index in [1.807, 2.05) is 84.9 Å². The lowest BCUT2D eigenvalue weighted by Gasteiger charge is -2.36. The van der Waals surface area contributed by atoms with E-state index in [4.69, 9.17) is 33.2 Å². The fourth-order valence-electron chi connectivity index (χ4n) is 6.64. The van der Waals surface area contributed by atoms with Gasteiger partial charge in [-0.25, -0.2) is 4.79 Å². The van der Waals surface area contributed by atoms with E-state index in [0.29, 0.717) is 73.9 Å². The molecule has 0 radical (unpaired) electrons. The van der Waals surface area contributed by atoms with Crippen LogP contribution in [0.1, 0.15) is 44.8 Å². The Morgan fingerprint density at radius 1 is 0.654 bits per heavy atom. The third kappa shape index (κ3) is 6.71. The highest BCUT2D eigenvalue weighted by Crippen LogP contribution is 2.60. The number of aliphatic hydroxyl groups is 1. The third-order valence-corrected chi connectivity index (χ3v) is 8.95. The van der Waals surface area contributed by atoms with Gasteiger partial charge in [-0.1, -0.05) is 91.0 Å². The van der Waals surface area contributed by atoms with Crippen molar-refractivity contribution in [1.29, 1.82) is 0 Å². The quantitative estimate of drug-likeness (QED) is 0.0939. The van der Waals surface area contributed by atoms with E-state index in [0.717, 1.165) is 11.1 Å². The molecule has 0 saturated carbocycles. The van der Waals surface area contributed by atoms with Crippen molar-refractivity contribution in [1.82, 2.24) is 0 Å². The standard InChI is InChI=1S/C43H38O9/c1-46-26-51-30-22-32-35(34(23-30)50-25-28-16-9-5-10-17-28)37-38(39(44)41(32)52-43(45)29-18-11-6-12-19-29)42(48-3)36-31(40(37)47-2)20-13-21-33(36)49-24-27-14-7-4-8-15-27/h4-23,39,41,44H,24-26H2,1-3H3/t39-,41-/m1/s1. The lowest BCUT2D eigenvalue weighted by Crippen LogP contribution is -2.25. The summed E-state index contributed by atoms with van der Waals surface area (Å²) in [5, 5.41) is 13.7. The summed E-state index contributed by atoms with van der Waals surface area (Å²) in [6, 6.07) is 37.4. The highest BCUT2D eigenvalue weighted by molar-refractivity contribution is 6.06. The Hall–Kier alpha value is -6.03. The number of hydrogen-bond donors (Lipinski definition) is 1. The van der Waals surface area contributed by atoms with Crippen LogP contribution in [0.4, 0.5) is 0 Å². The first-order chi connectivity index (χ1) is 25.5. The maximum atomic E-state index is 13.7. The van der Waals surface area contributed by atoms with E-state index in [2.05, 4.69) is 0 Å². The Morgan fingerprint density at radius 3 is 1.88 bits per heavy atom. The Morgan fingerprint density at radius 2 is 1.27 bits per heavy atom. The summed E-state index contributed by atoms with van der Waals surface area (Å²) in [7, 11) is 4.64. The van der Waals surface area contributed by atoms with Crippen LogP contribution in [0.25, 0.3) is 21.9 Å². The van der Waals surface area contributed by atoms with E-state index in [1.165, 1.54) is 14.2 Å². The average molecular weight is 699 g/mol. The molecular formula is C43H38O9. The molecule has 0 fully saturated rings. The van der Waals surface area contributed by atoms with Crippen LogP contribution in [0.2, 0.25) is 0 Å². The summed E-state index contributed by atoms with van der Waals surface area (Å²) in [5.74, 6) is 1.52. The van der Waals surface area contributed by atoms with Gasteiger partial charge in [0.15, 0.2) is 12.9 Å². The van der Waals surface area contributed by atoms with Gasteiger partial charge >= 0.3 is 5.97 Å². The average Bonchev–Trinajstić information content (AvgIpc) is 3.19. The van der Waals surface area contributed by atoms with Crippen molar-refractivity contribution < 1.29 is 43.1 Å². The van der Waals surface area contributed by atoms with Crippen LogP contribution in [-0.2, 0) is 22.7 Å². The number of fused-ring (bicyclic) bond motifs is 4. The summed E-state index contributed by atoms with van der Waals surface area (Å²) in [5.41, 5.74) is 4.15. The predicted octanol–water partition coefficient (Wildman–Crippen LogP) is 8.61. The van der Waals surface area contributed by atoms with Crippen LogP contribution < -0.4 is 23.7 Å². The molecule has 0 heterocycles. The fraction of sp³-hybridized carbons (Fsp3) is 0.186. The molecule has 0 bridgehead atoms. The summed E-state index contributed by atoms with van der Waals surface area (Å²) in [6.07, 6.45) is -2.63. The number of rotatable bonds is 13. The van der Waals surface area contributed by atoms with Crippen molar-refractivity contribution in [2.75, 3.05) is 28.1 Å². The lowest BCUT2D eigenvalue weighted by molar-refractivity contribution is -0.0228. The molecule has 264 valence electrons. The van der Waals surface area contributed by atoms with Gasteiger partial charge in [0.1, 0.15) is 48.1 Å². The van der Waals surface area contributed by atoms with Gasteiger partial charge in [0, 0.05) is 40.8 Å². The summed E-state index contributed by atoms with van der Waals surface area (Å²) in [4.78, 5) is 13.7. The van der Waals surface area contributed by atoms with Crippen molar-refractivity contribution in [2.24, 2.45) is 0 Å². The largest absolute Gasteiger partial charge is 0.496 e. The van der Waals surface area contributed by atoms with Crippen LogP contribution in [0.3, 0.4) is 0 Å². The minimum Gasteiger partial charge on any atom is -0.496 e. The molecule has 0 amide bonds. The van der Waals surface area contributed by atoms with Crippen LogP contribution in [-0.4, -0.2) is 39.2 Å². The molecule has 52 heavy (non-hydrogen) atoms. The number of benzene rings is 6. The van der Waals surface area contributed by atoms with E-state index in [9.17, 15) is 9.90 Å². The first-order valence-electron chi connectivity index (χ1n) is 16.8. The molecule has 0 unspecified atom stereocenters. The van der Waals surface area contributed by atoms with E-state index >= 15 is 0 Å². The molecule has 1 N–H and O–H groups in total. The van der Waals surface area contributed by atoms with Gasteiger partial charge in [0.25, 0.3) is 0 Å². The molecule has 6 aromatic rings. The Balaban J connectivity index is 1.47. The number of hydrogen-bond acceptors (Lipinski definition) is 9. The molecule has 7 rings (SSSR count). The fourth-order valence-corrected chi connectivity index (χ4v) is 6.64. The topological polar surface area (TPSA) is 102 Å². The third-order valence-electron chi connectivity index (χ3n) is 8.95. The zero-order valence-electron chi connectivity index (χ0n) is 29.0. The molecule has 1 aliphatic carbocycles. The Bertz CT molecular complexity index is 2170. The summed E-state index contributed by atoms with van der Waals surface area (Å²) < 4.78 is 42.7. The molecule has 6 aromatic carbocycles. The second-order valence-electron chi connectivity index (χ2n) is 12.2. The van der Waals surface area contributed by atoms with Gasteiger partial charge in [0.05, 0.1) is 25.2 Å². The maximum Gasteiger partial charge on any atom is 0.338 e. The van der Waals surface area contributed by atoms with Gasteiger partial charge in [-0.3, -0.25) is 0 Å². The number of esters is 1.